The van der Waals surface area contributed by atoms with Crippen molar-refractivity contribution in [2.45, 2.75) is 0 Å². The van der Waals surface area contributed by atoms with Gasteiger partial charge >= 0.3 is 0 Å². The molecule has 0 fully saturated rings. The summed E-state index contributed by atoms with van der Waals surface area (Å²) in [6, 6.07) is 9.81. The maximum Gasteiger partial charge on any atom is 0.212 e. The van der Waals surface area contributed by atoms with E-state index in [2.05, 4.69) is 20.4 Å². The number of anilines is 1. The predicted octanol–water partition coefficient (Wildman–Crippen LogP) is 2.63. The van der Waals surface area contributed by atoms with Crippen molar-refractivity contribution >= 4 is 52.9 Å². The van der Waals surface area contributed by atoms with Gasteiger partial charge in [-0.05, 0) is 12.1 Å². The lowest BCUT2D eigenvalue weighted by molar-refractivity contribution is 0.958. The Balaban J connectivity index is 0.00000132. The van der Waals surface area contributed by atoms with E-state index in [0.29, 0.717) is 5.13 Å². The van der Waals surface area contributed by atoms with Crippen LogP contribution in [-0.2, 0) is 0 Å². The Hall–Kier alpha value is -2.29. The molecule has 0 saturated carbocycles. The first-order chi connectivity index (χ1) is 10.2. The van der Waals surface area contributed by atoms with Gasteiger partial charge in [-0.1, -0.05) is 18.2 Å². The molecular weight excluding hydrogens is 357 g/mol. The lowest BCUT2D eigenvalue weighted by Gasteiger charge is -2.09. The van der Waals surface area contributed by atoms with E-state index in [9.17, 15) is 0 Å². The Morgan fingerprint density at radius 3 is 2.61 bits per heavy atom. The second-order valence-corrected chi connectivity index (χ2v) is 5.02. The SMILES string of the molecule is Cl.Cl.NC(N)=Nc1nc(-c2cncn2Nc2ccccc2)cs1. The number of nitrogens with two attached hydrogens (primary N) is 2. The average molecular weight is 372 g/mol. The number of hydrogen-bond donors (Lipinski definition) is 3. The maximum atomic E-state index is 5.35. The van der Waals surface area contributed by atoms with Crippen LogP contribution in [0.4, 0.5) is 10.8 Å². The van der Waals surface area contributed by atoms with Gasteiger partial charge in [0.15, 0.2) is 5.96 Å². The topological polar surface area (TPSA) is 107 Å². The van der Waals surface area contributed by atoms with Gasteiger partial charge in [0.25, 0.3) is 0 Å². The molecular formula is C13H15Cl2N7S. The van der Waals surface area contributed by atoms with Crippen molar-refractivity contribution in [2.75, 3.05) is 5.43 Å². The van der Waals surface area contributed by atoms with Gasteiger partial charge in [0.1, 0.15) is 17.7 Å². The summed E-state index contributed by atoms with van der Waals surface area (Å²) in [5, 5.41) is 2.39. The number of imidazole rings is 1. The summed E-state index contributed by atoms with van der Waals surface area (Å²) in [5.41, 5.74) is 16.5. The first-order valence-corrected chi connectivity index (χ1v) is 7.00. The Morgan fingerprint density at radius 1 is 1.17 bits per heavy atom. The van der Waals surface area contributed by atoms with E-state index in [1.54, 1.807) is 17.2 Å². The van der Waals surface area contributed by atoms with E-state index in [1.807, 2.05) is 35.7 Å². The van der Waals surface area contributed by atoms with Crippen molar-refractivity contribution in [1.29, 1.82) is 0 Å². The molecule has 0 atom stereocenters. The number of rotatable bonds is 4. The van der Waals surface area contributed by atoms with Crippen molar-refractivity contribution in [3.8, 4) is 11.4 Å². The maximum absolute atomic E-state index is 5.35. The summed E-state index contributed by atoms with van der Waals surface area (Å²) in [5.74, 6) is -0.00758. The van der Waals surface area contributed by atoms with Crippen molar-refractivity contribution in [1.82, 2.24) is 14.6 Å². The van der Waals surface area contributed by atoms with E-state index in [1.165, 1.54) is 11.3 Å². The molecule has 0 unspecified atom stereocenters. The molecule has 0 radical (unpaired) electrons. The number of nitrogens with one attached hydrogen (secondary N) is 1. The van der Waals surface area contributed by atoms with E-state index in [-0.39, 0.29) is 30.8 Å². The number of hydrogen-bond acceptors (Lipinski definition) is 5. The molecule has 2 heterocycles. The summed E-state index contributed by atoms with van der Waals surface area (Å²) in [6.45, 7) is 0. The van der Waals surface area contributed by atoms with Crippen LogP contribution in [0.2, 0.25) is 0 Å². The first kappa shape index (κ1) is 18.8. The smallest absolute Gasteiger partial charge is 0.212 e. The molecule has 0 aliphatic carbocycles. The van der Waals surface area contributed by atoms with Gasteiger partial charge in [-0.3, -0.25) is 5.43 Å². The second-order valence-electron chi connectivity index (χ2n) is 4.18. The number of aliphatic imine (C=N–C) groups is 1. The first-order valence-electron chi connectivity index (χ1n) is 6.12. The van der Waals surface area contributed by atoms with Crippen molar-refractivity contribution in [3.63, 3.8) is 0 Å². The Kier molecular flexibility index (Phi) is 6.83. The molecule has 5 N–H and O–H groups in total. The molecule has 10 heteroatoms. The molecule has 2 aromatic heterocycles. The number of guanidine groups is 1. The zero-order valence-electron chi connectivity index (χ0n) is 11.8. The van der Waals surface area contributed by atoms with Gasteiger partial charge in [0, 0.05) is 5.38 Å². The third kappa shape index (κ3) is 4.59. The molecule has 0 amide bonds. The molecule has 3 rings (SSSR count). The zero-order chi connectivity index (χ0) is 14.7. The molecule has 122 valence electrons. The highest BCUT2D eigenvalue weighted by atomic mass is 35.5. The fourth-order valence-electron chi connectivity index (χ4n) is 1.77. The van der Waals surface area contributed by atoms with Gasteiger partial charge in [0.2, 0.25) is 5.13 Å². The van der Waals surface area contributed by atoms with Gasteiger partial charge in [-0.2, -0.15) is 4.99 Å². The predicted molar refractivity (Wildman–Crippen MR) is 98.8 cm³/mol. The van der Waals surface area contributed by atoms with Gasteiger partial charge in [-0.25, -0.2) is 14.6 Å². The van der Waals surface area contributed by atoms with Gasteiger partial charge < -0.3 is 11.5 Å². The van der Waals surface area contributed by atoms with Crippen LogP contribution in [0.25, 0.3) is 11.4 Å². The van der Waals surface area contributed by atoms with Gasteiger partial charge in [-0.15, -0.1) is 36.2 Å². The summed E-state index contributed by atoms with van der Waals surface area (Å²) >= 11 is 1.36. The third-order valence-electron chi connectivity index (χ3n) is 2.64. The lowest BCUT2D eigenvalue weighted by atomic mass is 10.3. The van der Waals surface area contributed by atoms with Crippen molar-refractivity contribution in [3.05, 3.63) is 48.2 Å². The van der Waals surface area contributed by atoms with Crippen LogP contribution >= 0.6 is 36.2 Å². The summed E-state index contributed by atoms with van der Waals surface area (Å²) in [7, 11) is 0. The Labute approximate surface area is 149 Å². The average Bonchev–Trinajstić information content (AvgIpc) is 3.08. The number of halogens is 2. The van der Waals surface area contributed by atoms with Crippen LogP contribution in [0.3, 0.4) is 0 Å². The minimum Gasteiger partial charge on any atom is -0.370 e. The van der Waals surface area contributed by atoms with Crippen LogP contribution in [0.5, 0.6) is 0 Å². The highest BCUT2D eigenvalue weighted by molar-refractivity contribution is 7.13. The minimum atomic E-state index is -0.00758. The molecule has 0 spiro atoms. The third-order valence-corrected chi connectivity index (χ3v) is 3.38. The molecule has 0 saturated heterocycles. The monoisotopic (exact) mass is 371 g/mol. The van der Waals surface area contributed by atoms with Crippen LogP contribution < -0.4 is 16.9 Å². The van der Waals surface area contributed by atoms with Gasteiger partial charge in [0.05, 0.1) is 11.9 Å². The highest BCUT2D eigenvalue weighted by Gasteiger charge is 2.09. The standard InChI is InChI=1S/C13H13N7S.2ClH/c14-12(15)18-13-17-10(7-21-13)11-6-16-8-20(11)19-9-4-2-1-3-5-9;;/h1-8,19H,(H4,14,15,17,18);2*1H. The van der Waals surface area contributed by atoms with Crippen molar-refractivity contribution in [2.24, 2.45) is 16.5 Å². The van der Waals surface area contributed by atoms with Crippen LogP contribution in [0, 0.1) is 0 Å². The number of thiazole rings is 1. The summed E-state index contributed by atoms with van der Waals surface area (Å²) < 4.78 is 1.80. The fraction of sp³-hybridized carbons (Fsp3) is 0. The molecule has 0 bridgehead atoms. The quantitative estimate of drug-likeness (QED) is 0.482. The summed E-state index contributed by atoms with van der Waals surface area (Å²) in [6.07, 6.45) is 3.41. The molecule has 0 aliphatic rings. The number of para-hydroxylation sites is 1. The molecule has 3 aromatic rings. The second kappa shape index (κ2) is 8.37. The zero-order valence-corrected chi connectivity index (χ0v) is 14.2. The van der Waals surface area contributed by atoms with E-state index in [4.69, 9.17) is 11.5 Å². The number of benzene rings is 1. The molecule has 1 aromatic carbocycles. The van der Waals surface area contributed by atoms with Crippen molar-refractivity contribution < 1.29 is 0 Å². The van der Waals surface area contributed by atoms with E-state index < -0.39 is 0 Å². The minimum absolute atomic E-state index is 0. The normalized spacial score (nSPS) is 9.39. The van der Waals surface area contributed by atoms with Crippen LogP contribution in [0.1, 0.15) is 0 Å². The number of nitrogens with zero attached hydrogens (tertiary/aromatic N) is 4. The molecule has 23 heavy (non-hydrogen) atoms. The Morgan fingerprint density at radius 2 is 1.91 bits per heavy atom. The van der Waals surface area contributed by atoms with Crippen LogP contribution in [0.15, 0.2) is 53.2 Å². The highest BCUT2D eigenvalue weighted by Crippen LogP contribution is 2.26. The van der Waals surface area contributed by atoms with E-state index >= 15 is 0 Å². The summed E-state index contributed by atoms with van der Waals surface area (Å²) in [4.78, 5) is 12.4. The lowest BCUT2D eigenvalue weighted by Crippen LogP contribution is -2.21. The number of aromatic nitrogens is 3. The van der Waals surface area contributed by atoms with E-state index in [0.717, 1.165) is 17.1 Å². The Bertz CT molecular complexity index is 765. The van der Waals surface area contributed by atoms with Crippen LogP contribution in [-0.4, -0.2) is 20.6 Å². The molecule has 7 nitrogen and oxygen atoms in total. The fourth-order valence-corrected chi connectivity index (χ4v) is 2.47. The largest absolute Gasteiger partial charge is 0.370 e. The molecule has 0 aliphatic heterocycles.